The number of amides is 4. The lowest BCUT2D eigenvalue weighted by atomic mass is 9.98. The van der Waals surface area contributed by atoms with Crippen LogP contribution in [0.2, 0.25) is 0 Å². The molecule has 14 nitrogen and oxygen atoms in total. The number of hydrogen-bond acceptors (Lipinski definition) is 10. The van der Waals surface area contributed by atoms with Gasteiger partial charge in [-0.2, -0.15) is 13.2 Å². The summed E-state index contributed by atoms with van der Waals surface area (Å²) in [4.78, 5) is 76.2. The van der Waals surface area contributed by atoms with Crippen molar-refractivity contribution in [1.29, 1.82) is 0 Å². The molecule has 2 aliphatic heterocycles. The number of nitrogens with zero attached hydrogens (tertiary/aromatic N) is 3. The highest BCUT2D eigenvalue weighted by Crippen LogP contribution is 2.33. The lowest BCUT2D eigenvalue weighted by molar-refractivity contribution is -0.141. The molecule has 1 aromatic heterocycles. The second-order valence-electron chi connectivity index (χ2n) is 14.6. The van der Waals surface area contributed by atoms with Crippen LogP contribution in [0.25, 0.3) is 11.1 Å². The Labute approximate surface area is 338 Å². The Morgan fingerprint density at radius 1 is 0.881 bits per heavy atom. The second kappa shape index (κ2) is 19.7. The van der Waals surface area contributed by atoms with Gasteiger partial charge in [0.2, 0.25) is 17.6 Å². The van der Waals surface area contributed by atoms with Gasteiger partial charge < -0.3 is 40.1 Å². The van der Waals surface area contributed by atoms with E-state index in [1.807, 2.05) is 0 Å². The van der Waals surface area contributed by atoms with E-state index >= 15 is 0 Å². The molecule has 4 amide bonds. The van der Waals surface area contributed by atoms with E-state index in [9.17, 15) is 37.1 Å². The summed E-state index contributed by atoms with van der Waals surface area (Å²) in [7, 11) is 0. The lowest BCUT2D eigenvalue weighted by Crippen LogP contribution is -2.56. The van der Waals surface area contributed by atoms with Gasteiger partial charge >= 0.3 is 18.4 Å². The average Bonchev–Trinajstić information content (AvgIpc) is 3.87. The Morgan fingerprint density at radius 2 is 1.59 bits per heavy atom. The number of para-hydroxylation sites is 2. The molecule has 314 valence electrons. The molecule has 4 aromatic rings. The first-order valence-electron chi connectivity index (χ1n) is 19.7. The van der Waals surface area contributed by atoms with Crippen molar-refractivity contribution in [1.82, 2.24) is 25.4 Å². The molecule has 3 aromatic carbocycles. The predicted molar refractivity (Wildman–Crippen MR) is 208 cm³/mol. The molecule has 0 aliphatic carbocycles. The van der Waals surface area contributed by atoms with Crippen LogP contribution < -0.4 is 16.4 Å². The molecule has 2 aliphatic rings. The third kappa shape index (κ3) is 11.2. The van der Waals surface area contributed by atoms with Crippen LogP contribution in [0.1, 0.15) is 72.3 Å². The van der Waals surface area contributed by atoms with Crippen LogP contribution >= 0.6 is 0 Å². The fourth-order valence-corrected chi connectivity index (χ4v) is 7.33. The van der Waals surface area contributed by atoms with Gasteiger partial charge in [-0.05, 0) is 74.4 Å². The SMILES string of the molecule is NCCCC[C@H](NC(=O)C1C[C@@H](OC(=O)N2CCCCC2)CN1C(=O)[C@@H](Cc1ccccc1C(F)(F)F)NC(=O)OCc1ccccc1)C(=O)c1nc2ccccc2o1. The van der Waals surface area contributed by atoms with Gasteiger partial charge in [0.25, 0.3) is 5.89 Å². The molecule has 0 spiro atoms. The van der Waals surface area contributed by atoms with Gasteiger partial charge in [-0.1, -0.05) is 60.7 Å². The van der Waals surface area contributed by atoms with Crippen molar-refractivity contribution in [3.05, 3.63) is 101 Å². The zero-order valence-corrected chi connectivity index (χ0v) is 32.3. The molecule has 6 rings (SSSR count). The van der Waals surface area contributed by atoms with E-state index in [1.165, 1.54) is 23.1 Å². The number of ether oxygens (including phenoxy) is 2. The highest BCUT2D eigenvalue weighted by Gasteiger charge is 2.45. The third-order valence-electron chi connectivity index (χ3n) is 10.4. The fraction of sp³-hybridized carbons (Fsp3) is 0.429. The predicted octanol–water partition coefficient (Wildman–Crippen LogP) is 5.77. The minimum Gasteiger partial charge on any atom is -0.445 e. The Morgan fingerprint density at radius 3 is 2.32 bits per heavy atom. The van der Waals surface area contributed by atoms with Crippen LogP contribution in [-0.2, 0) is 38.3 Å². The number of nitrogens with one attached hydrogen (secondary N) is 2. The number of alkyl halides is 3. The third-order valence-corrected chi connectivity index (χ3v) is 10.4. The van der Waals surface area contributed by atoms with Crippen molar-refractivity contribution in [2.45, 2.75) is 88.4 Å². The first-order valence-corrected chi connectivity index (χ1v) is 19.7. The number of oxazole rings is 1. The standard InChI is InChI=1S/C42H47F3N6O8/c43-42(44,45)30-16-6-5-15-28(30)23-33(49-40(55)57-26-27-13-3-1-4-14-27)39(54)51-25-29(58-41(56)50-21-11-2-12-22-50)24-34(51)37(53)47-32(18-9-10-20-46)36(52)38-48-31-17-7-8-19-35(31)59-38/h1,3-8,13-17,19,29,32-34H,2,9-12,18,20-26,46H2,(H,47,53)(H,49,55)/t29-,32+,33-,34?/m1/s1. The number of halogens is 3. The van der Waals surface area contributed by atoms with E-state index in [2.05, 4.69) is 15.6 Å². The van der Waals surface area contributed by atoms with E-state index in [-0.39, 0.29) is 37.4 Å². The number of unbranched alkanes of at least 4 members (excludes halogenated alkanes) is 1. The fourth-order valence-electron chi connectivity index (χ4n) is 7.33. The number of aromatic nitrogens is 1. The Kier molecular flexibility index (Phi) is 14.2. The van der Waals surface area contributed by atoms with E-state index in [0.29, 0.717) is 49.1 Å². The van der Waals surface area contributed by atoms with Crippen molar-refractivity contribution in [3.8, 4) is 0 Å². The maximum Gasteiger partial charge on any atom is 0.416 e. The number of alkyl carbamates (subject to hydrolysis) is 1. The first-order chi connectivity index (χ1) is 28.4. The maximum atomic E-state index is 14.7. The summed E-state index contributed by atoms with van der Waals surface area (Å²) in [6.45, 7) is 0.736. The number of carbonyl (C=O) groups excluding carboxylic acids is 5. The molecule has 17 heteroatoms. The van der Waals surface area contributed by atoms with E-state index in [1.54, 1.807) is 54.6 Å². The Bertz CT molecular complexity index is 2060. The van der Waals surface area contributed by atoms with Crippen molar-refractivity contribution >= 4 is 40.9 Å². The van der Waals surface area contributed by atoms with Crippen molar-refractivity contribution in [2.24, 2.45) is 5.73 Å². The Hall–Kier alpha value is -5.97. The molecule has 4 atom stereocenters. The number of nitrogens with two attached hydrogens (primary N) is 1. The number of rotatable bonds is 15. The molecular weight excluding hydrogens is 773 g/mol. The summed E-state index contributed by atoms with van der Waals surface area (Å²) in [6, 6.07) is 15.8. The van der Waals surface area contributed by atoms with Crippen LogP contribution in [0.15, 0.2) is 83.3 Å². The number of likely N-dealkylation sites (tertiary alicyclic amines) is 2. The largest absolute Gasteiger partial charge is 0.445 e. The van der Waals surface area contributed by atoms with Gasteiger partial charge in [0.05, 0.1) is 18.2 Å². The molecule has 2 saturated heterocycles. The van der Waals surface area contributed by atoms with Crippen LogP contribution in [0.5, 0.6) is 0 Å². The van der Waals surface area contributed by atoms with Crippen molar-refractivity contribution in [3.63, 3.8) is 0 Å². The molecular formula is C42H47F3N6O8. The molecule has 3 heterocycles. The molecule has 0 radical (unpaired) electrons. The van der Waals surface area contributed by atoms with Gasteiger partial charge in [-0.25, -0.2) is 14.6 Å². The van der Waals surface area contributed by atoms with Gasteiger partial charge in [0.15, 0.2) is 5.58 Å². The molecule has 0 saturated carbocycles. The van der Waals surface area contributed by atoms with Crippen LogP contribution in [0, 0.1) is 0 Å². The number of Topliss-reactive ketones (excluding diaryl/α,β-unsaturated/α-hetero) is 1. The number of benzene rings is 3. The summed E-state index contributed by atoms with van der Waals surface area (Å²) >= 11 is 0. The number of piperidine rings is 1. The zero-order valence-electron chi connectivity index (χ0n) is 32.3. The van der Waals surface area contributed by atoms with Gasteiger partial charge in [0.1, 0.15) is 30.3 Å². The molecule has 1 unspecified atom stereocenters. The molecule has 4 N–H and O–H groups in total. The van der Waals surface area contributed by atoms with Crippen molar-refractivity contribution < 1.29 is 51.0 Å². The first kappa shape index (κ1) is 42.6. The summed E-state index contributed by atoms with van der Waals surface area (Å²) in [5.41, 5.74) is 5.83. The summed E-state index contributed by atoms with van der Waals surface area (Å²) in [5, 5.41) is 5.18. The van der Waals surface area contributed by atoms with E-state index < -0.39 is 72.2 Å². The number of ketones is 1. The van der Waals surface area contributed by atoms with E-state index in [4.69, 9.17) is 19.6 Å². The number of hydrogen-bond donors (Lipinski definition) is 3. The normalized spacial score (nSPS) is 17.9. The van der Waals surface area contributed by atoms with Gasteiger partial charge in [-0.15, -0.1) is 0 Å². The minimum absolute atomic E-state index is 0.139. The van der Waals surface area contributed by atoms with Gasteiger partial charge in [0, 0.05) is 25.9 Å². The minimum atomic E-state index is -4.79. The number of carbonyl (C=O) groups is 5. The highest BCUT2D eigenvalue weighted by atomic mass is 19.4. The van der Waals surface area contributed by atoms with E-state index in [0.717, 1.165) is 30.2 Å². The Balaban J connectivity index is 1.29. The average molecular weight is 821 g/mol. The molecule has 0 bridgehead atoms. The lowest BCUT2D eigenvalue weighted by Gasteiger charge is -2.30. The van der Waals surface area contributed by atoms with Crippen molar-refractivity contribution in [2.75, 3.05) is 26.2 Å². The second-order valence-corrected chi connectivity index (χ2v) is 14.6. The van der Waals surface area contributed by atoms with Crippen LogP contribution in [-0.4, -0.2) is 95.0 Å². The van der Waals surface area contributed by atoms with Crippen LogP contribution in [0.3, 0.4) is 0 Å². The monoisotopic (exact) mass is 820 g/mol. The summed E-state index contributed by atoms with van der Waals surface area (Å²) < 4.78 is 59.5. The number of fused-ring (bicyclic) bond motifs is 1. The topological polar surface area (TPSA) is 186 Å². The van der Waals surface area contributed by atoms with Crippen LogP contribution in [0.4, 0.5) is 22.8 Å². The quantitative estimate of drug-likeness (QED) is 0.0982. The molecule has 59 heavy (non-hydrogen) atoms. The zero-order chi connectivity index (χ0) is 41.9. The van der Waals surface area contributed by atoms with Gasteiger partial charge in [-0.3, -0.25) is 14.4 Å². The molecule has 2 fully saturated rings. The summed E-state index contributed by atoms with van der Waals surface area (Å²) in [6.07, 6.45) is -4.74. The smallest absolute Gasteiger partial charge is 0.416 e. The summed E-state index contributed by atoms with van der Waals surface area (Å²) in [5.74, 6) is -2.59. The maximum absolute atomic E-state index is 14.7. The highest BCUT2D eigenvalue weighted by molar-refractivity contribution is 6.01.